The molecule has 0 aromatic heterocycles. The molecule has 0 spiro atoms. The molecule has 0 saturated carbocycles. The average Bonchev–Trinajstić information content (AvgIpc) is 2.44. The second-order valence-electron chi connectivity index (χ2n) is 5.22. The molecule has 1 aromatic carbocycles. The Balaban J connectivity index is 2.67. The van der Waals surface area contributed by atoms with Crippen LogP contribution in [0.3, 0.4) is 0 Å². The van der Waals surface area contributed by atoms with Gasteiger partial charge >= 0.3 is 0 Å². The molecule has 21 heavy (non-hydrogen) atoms. The Morgan fingerprint density at radius 2 is 2.00 bits per heavy atom. The zero-order valence-electron chi connectivity index (χ0n) is 13.1. The van der Waals surface area contributed by atoms with Crippen LogP contribution in [-0.2, 0) is 6.54 Å². The third-order valence-electron chi connectivity index (χ3n) is 3.00. The summed E-state index contributed by atoms with van der Waals surface area (Å²) in [5.41, 5.74) is 0.996. The largest absolute Gasteiger partial charge is 0.493 e. The summed E-state index contributed by atoms with van der Waals surface area (Å²) in [6, 6.07) is 3.67. The predicted molar refractivity (Wildman–Crippen MR) is 86.4 cm³/mol. The number of hydrogen-bond donors (Lipinski definition) is 2. The van der Waals surface area contributed by atoms with Gasteiger partial charge in [-0.2, -0.15) is 0 Å². The molecule has 0 aliphatic carbocycles. The van der Waals surface area contributed by atoms with Gasteiger partial charge in [-0.05, 0) is 45.7 Å². The highest BCUT2D eigenvalue weighted by molar-refractivity contribution is 6.30. The van der Waals surface area contributed by atoms with E-state index >= 15 is 0 Å². The van der Waals surface area contributed by atoms with E-state index in [-0.39, 0.29) is 12.7 Å². The maximum absolute atomic E-state index is 8.74. The van der Waals surface area contributed by atoms with Gasteiger partial charge in [0, 0.05) is 29.8 Å². The summed E-state index contributed by atoms with van der Waals surface area (Å²) >= 11 is 6.13. The van der Waals surface area contributed by atoms with Gasteiger partial charge in [0.15, 0.2) is 11.5 Å². The summed E-state index contributed by atoms with van der Waals surface area (Å²) in [7, 11) is 1.62. The summed E-state index contributed by atoms with van der Waals surface area (Å²) in [6.07, 6.45) is 2.99. The first kappa shape index (κ1) is 18.1. The zero-order chi connectivity index (χ0) is 15.7. The highest BCUT2D eigenvalue weighted by Crippen LogP contribution is 2.35. The SMILES string of the molecule is COc1cc(Cl)cc(CNCCCCCO)c1OC(C)C. The Bertz CT molecular complexity index is 424. The van der Waals surface area contributed by atoms with Gasteiger partial charge in [0.1, 0.15) is 0 Å². The van der Waals surface area contributed by atoms with Crippen molar-refractivity contribution in [1.29, 1.82) is 0 Å². The molecule has 1 rings (SSSR count). The number of aliphatic hydroxyl groups excluding tert-OH is 1. The van der Waals surface area contributed by atoms with Crippen LogP contribution in [0.4, 0.5) is 0 Å². The number of unbranched alkanes of at least 4 members (excludes halogenated alkanes) is 2. The lowest BCUT2D eigenvalue weighted by Crippen LogP contribution is -2.17. The smallest absolute Gasteiger partial charge is 0.166 e. The highest BCUT2D eigenvalue weighted by atomic mass is 35.5. The summed E-state index contributed by atoms with van der Waals surface area (Å²) in [5.74, 6) is 1.41. The normalized spacial score (nSPS) is 11.0. The fraction of sp³-hybridized carbons (Fsp3) is 0.625. The van der Waals surface area contributed by atoms with Gasteiger partial charge in [0.25, 0.3) is 0 Å². The van der Waals surface area contributed by atoms with E-state index in [1.807, 2.05) is 19.9 Å². The highest BCUT2D eigenvalue weighted by Gasteiger charge is 2.14. The molecule has 4 nitrogen and oxygen atoms in total. The van der Waals surface area contributed by atoms with E-state index in [9.17, 15) is 0 Å². The molecule has 0 aliphatic rings. The first-order chi connectivity index (χ1) is 10.1. The van der Waals surface area contributed by atoms with Crippen molar-refractivity contribution in [3.05, 3.63) is 22.7 Å². The van der Waals surface area contributed by atoms with Crippen molar-refractivity contribution in [1.82, 2.24) is 5.32 Å². The Hall–Kier alpha value is -0.970. The number of methoxy groups -OCH3 is 1. The van der Waals surface area contributed by atoms with Crippen molar-refractivity contribution in [2.24, 2.45) is 0 Å². The lowest BCUT2D eigenvalue weighted by Gasteiger charge is -2.18. The van der Waals surface area contributed by atoms with Crippen LogP contribution in [-0.4, -0.2) is 31.5 Å². The van der Waals surface area contributed by atoms with Gasteiger partial charge in [-0.25, -0.2) is 0 Å². The van der Waals surface area contributed by atoms with Crippen molar-refractivity contribution in [3.8, 4) is 11.5 Å². The van der Waals surface area contributed by atoms with Gasteiger partial charge in [-0.3, -0.25) is 0 Å². The number of halogens is 1. The maximum atomic E-state index is 8.74. The van der Waals surface area contributed by atoms with Crippen LogP contribution in [0, 0.1) is 0 Å². The Kier molecular flexibility index (Phi) is 8.50. The third kappa shape index (κ3) is 6.55. The Morgan fingerprint density at radius 3 is 2.62 bits per heavy atom. The van der Waals surface area contributed by atoms with Gasteiger partial charge < -0.3 is 19.9 Å². The number of rotatable bonds is 10. The molecule has 0 atom stereocenters. The quantitative estimate of drug-likeness (QED) is 0.650. The second-order valence-corrected chi connectivity index (χ2v) is 5.66. The lowest BCUT2D eigenvalue weighted by molar-refractivity contribution is 0.227. The zero-order valence-corrected chi connectivity index (χ0v) is 13.9. The monoisotopic (exact) mass is 315 g/mol. The maximum Gasteiger partial charge on any atom is 0.166 e. The van der Waals surface area contributed by atoms with Crippen LogP contribution in [0.1, 0.15) is 38.7 Å². The van der Waals surface area contributed by atoms with Crippen LogP contribution in [0.15, 0.2) is 12.1 Å². The van der Waals surface area contributed by atoms with Crippen LogP contribution >= 0.6 is 11.6 Å². The van der Waals surface area contributed by atoms with E-state index in [0.29, 0.717) is 17.3 Å². The molecule has 0 unspecified atom stereocenters. The van der Waals surface area contributed by atoms with Crippen LogP contribution in [0.2, 0.25) is 5.02 Å². The van der Waals surface area contributed by atoms with Gasteiger partial charge in [-0.15, -0.1) is 0 Å². The molecular weight excluding hydrogens is 290 g/mol. The Labute approximate surface area is 132 Å². The van der Waals surface area contributed by atoms with Crippen molar-refractivity contribution in [2.75, 3.05) is 20.3 Å². The van der Waals surface area contributed by atoms with Crippen molar-refractivity contribution >= 4 is 11.6 Å². The molecule has 5 heteroatoms. The molecule has 0 bridgehead atoms. The second kappa shape index (κ2) is 9.87. The first-order valence-corrected chi connectivity index (χ1v) is 7.81. The number of ether oxygens (including phenoxy) is 2. The fourth-order valence-corrected chi connectivity index (χ4v) is 2.27. The molecule has 0 radical (unpaired) electrons. The minimum absolute atomic E-state index is 0.0726. The minimum atomic E-state index is 0.0726. The van der Waals surface area contributed by atoms with E-state index in [1.165, 1.54) is 0 Å². The van der Waals surface area contributed by atoms with Crippen LogP contribution in [0.25, 0.3) is 0 Å². The van der Waals surface area contributed by atoms with E-state index in [4.69, 9.17) is 26.2 Å². The van der Waals surface area contributed by atoms with E-state index in [2.05, 4.69) is 5.32 Å². The first-order valence-electron chi connectivity index (χ1n) is 7.43. The summed E-state index contributed by atoms with van der Waals surface area (Å²) in [4.78, 5) is 0. The van der Waals surface area contributed by atoms with Crippen LogP contribution < -0.4 is 14.8 Å². The van der Waals surface area contributed by atoms with Crippen molar-refractivity contribution in [2.45, 2.75) is 45.8 Å². The van der Waals surface area contributed by atoms with Gasteiger partial charge in [-0.1, -0.05) is 11.6 Å². The summed E-state index contributed by atoms with van der Waals surface area (Å²) in [5, 5.41) is 12.8. The number of hydrogen-bond acceptors (Lipinski definition) is 4. The van der Waals surface area contributed by atoms with Crippen LogP contribution in [0.5, 0.6) is 11.5 Å². The standard InChI is InChI=1S/C16H26ClNO3/c1-12(2)21-16-13(9-14(17)10-15(16)20-3)11-18-7-5-4-6-8-19/h9-10,12,18-19H,4-8,11H2,1-3H3. The fourth-order valence-electron chi connectivity index (χ4n) is 2.04. The van der Waals surface area contributed by atoms with E-state index in [1.54, 1.807) is 13.2 Å². The predicted octanol–water partition coefficient (Wildman–Crippen LogP) is 3.39. The molecule has 0 heterocycles. The summed E-state index contributed by atoms with van der Waals surface area (Å²) < 4.78 is 11.2. The van der Waals surface area contributed by atoms with Gasteiger partial charge in [0.2, 0.25) is 0 Å². The number of nitrogens with one attached hydrogen (secondary N) is 1. The van der Waals surface area contributed by atoms with Crippen molar-refractivity contribution in [3.63, 3.8) is 0 Å². The topological polar surface area (TPSA) is 50.7 Å². The Morgan fingerprint density at radius 1 is 1.24 bits per heavy atom. The van der Waals surface area contributed by atoms with Gasteiger partial charge in [0.05, 0.1) is 13.2 Å². The van der Waals surface area contributed by atoms with E-state index < -0.39 is 0 Å². The molecule has 0 fully saturated rings. The minimum Gasteiger partial charge on any atom is -0.493 e. The molecule has 0 saturated heterocycles. The average molecular weight is 316 g/mol. The summed E-state index contributed by atoms with van der Waals surface area (Å²) in [6.45, 7) is 5.81. The molecule has 2 N–H and O–H groups in total. The number of benzene rings is 1. The molecular formula is C16H26ClNO3. The van der Waals surface area contributed by atoms with Crippen molar-refractivity contribution < 1.29 is 14.6 Å². The lowest BCUT2D eigenvalue weighted by atomic mass is 10.1. The molecule has 0 amide bonds. The number of aliphatic hydroxyl groups is 1. The van der Waals surface area contributed by atoms with E-state index in [0.717, 1.165) is 37.1 Å². The molecule has 120 valence electrons. The molecule has 0 aliphatic heterocycles. The molecule has 1 aromatic rings. The third-order valence-corrected chi connectivity index (χ3v) is 3.22.